The molecule has 0 aromatic heterocycles. The van der Waals surface area contributed by atoms with Crippen molar-refractivity contribution in [2.75, 3.05) is 6.61 Å². The van der Waals surface area contributed by atoms with Crippen LogP contribution in [0.4, 0.5) is 0 Å². The Bertz CT molecular complexity index is 229. The average molecular weight is 300 g/mol. The summed E-state index contributed by atoms with van der Waals surface area (Å²) in [7, 11) is 0. The van der Waals surface area contributed by atoms with Gasteiger partial charge < -0.3 is 10.2 Å². The molecule has 0 saturated carbocycles. The van der Waals surface area contributed by atoms with Crippen LogP contribution in [0.2, 0.25) is 0 Å². The van der Waals surface area contributed by atoms with Crippen LogP contribution in [0.5, 0.6) is 0 Å². The van der Waals surface area contributed by atoms with Crippen LogP contribution < -0.4 is 0 Å². The molecule has 0 aliphatic heterocycles. The number of carbonyl (C=O) groups is 1. The van der Waals surface area contributed by atoms with Crippen LogP contribution >= 0.6 is 0 Å². The predicted molar refractivity (Wildman–Crippen MR) is 88.4 cm³/mol. The molecule has 0 rings (SSSR count). The van der Waals surface area contributed by atoms with E-state index in [1.54, 1.807) is 0 Å². The first-order valence-corrected chi connectivity index (χ1v) is 9.01. The van der Waals surface area contributed by atoms with Gasteiger partial charge in [-0.05, 0) is 12.8 Å². The Balaban J connectivity index is 3.16. The molecule has 0 bridgehead atoms. The van der Waals surface area contributed by atoms with Crippen LogP contribution in [-0.2, 0) is 4.79 Å². The summed E-state index contributed by atoms with van der Waals surface area (Å²) in [5, 5.41) is 17.8. The van der Waals surface area contributed by atoms with Gasteiger partial charge >= 0.3 is 0 Å². The second-order valence-electron chi connectivity index (χ2n) is 6.20. The van der Waals surface area contributed by atoms with Crippen LogP contribution in [0.1, 0.15) is 96.8 Å². The Morgan fingerprint density at radius 3 is 1.76 bits per heavy atom. The van der Waals surface area contributed by atoms with Crippen molar-refractivity contribution < 1.29 is 15.0 Å². The molecule has 0 fully saturated rings. The fourth-order valence-electron chi connectivity index (χ4n) is 2.53. The van der Waals surface area contributed by atoms with E-state index in [2.05, 4.69) is 6.92 Å². The average Bonchev–Trinajstić information content (AvgIpc) is 2.50. The van der Waals surface area contributed by atoms with Crippen LogP contribution in [-0.4, -0.2) is 28.7 Å². The van der Waals surface area contributed by atoms with E-state index in [1.807, 2.05) is 0 Å². The molecule has 0 aromatic rings. The summed E-state index contributed by atoms with van der Waals surface area (Å²) in [4.78, 5) is 11.5. The van der Waals surface area contributed by atoms with Gasteiger partial charge in [0, 0.05) is 12.8 Å². The summed E-state index contributed by atoms with van der Waals surface area (Å²) in [6.45, 7) is 2.01. The maximum absolute atomic E-state index is 11.5. The molecule has 0 radical (unpaired) electrons. The molecule has 3 nitrogen and oxygen atoms in total. The Morgan fingerprint density at radius 1 is 0.810 bits per heavy atom. The minimum absolute atomic E-state index is 0.221. The number of Topliss-reactive ketones (excluding diaryl/α,β-unsaturated/α-hetero) is 1. The van der Waals surface area contributed by atoms with Crippen molar-refractivity contribution in [1.29, 1.82) is 0 Å². The summed E-state index contributed by atoms with van der Waals surface area (Å²) < 4.78 is 0. The number of rotatable bonds is 16. The number of hydrogen-bond acceptors (Lipinski definition) is 3. The van der Waals surface area contributed by atoms with E-state index in [-0.39, 0.29) is 12.4 Å². The minimum atomic E-state index is -0.730. The van der Waals surface area contributed by atoms with Gasteiger partial charge in [-0.3, -0.25) is 4.79 Å². The second kappa shape index (κ2) is 16.0. The molecule has 0 spiro atoms. The van der Waals surface area contributed by atoms with Gasteiger partial charge in [0.05, 0.1) is 12.7 Å². The molecule has 2 N–H and O–H groups in total. The molecular formula is C18H36O3. The molecule has 1 unspecified atom stereocenters. The molecule has 0 aromatic carbocycles. The largest absolute Gasteiger partial charge is 0.394 e. The molecular weight excluding hydrogens is 264 g/mol. The molecule has 0 heterocycles. The highest BCUT2D eigenvalue weighted by Crippen LogP contribution is 2.12. The Labute approximate surface area is 131 Å². The standard InChI is InChI=1S/C18H36O3/c1-2-3-4-5-6-7-8-9-10-11-12-13-17(20)14-15-18(21)16-19/h18-19,21H,2-16H2,1H3. The van der Waals surface area contributed by atoms with Crippen molar-refractivity contribution in [1.82, 2.24) is 0 Å². The fraction of sp³-hybridized carbons (Fsp3) is 0.944. The predicted octanol–water partition coefficient (Wildman–Crippen LogP) is 4.39. The van der Waals surface area contributed by atoms with Gasteiger partial charge in [-0.15, -0.1) is 0 Å². The number of aliphatic hydroxyl groups excluding tert-OH is 2. The van der Waals surface area contributed by atoms with Gasteiger partial charge in [0.1, 0.15) is 5.78 Å². The number of hydrogen-bond donors (Lipinski definition) is 2. The third-order valence-corrected chi connectivity index (χ3v) is 4.03. The van der Waals surface area contributed by atoms with Crippen LogP contribution in [0, 0.1) is 0 Å². The minimum Gasteiger partial charge on any atom is -0.394 e. The maximum Gasteiger partial charge on any atom is 0.133 e. The zero-order valence-electron chi connectivity index (χ0n) is 14.0. The van der Waals surface area contributed by atoms with E-state index in [0.717, 1.165) is 12.8 Å². The first-order chi connectivity index (χ1) is 10.2. The van der Waals surface area contributed by atoms with E-state index in [1.165, 1.54) is 57.8 Å². The zero-order chi connectivity index (χ0) is 15.8. The smallest absolute Gasteiger partial charge is 0.133 e. The van der Waals surface area contributed by atoms with Crippen LogP contribution in [0.15, 0.2) is 0 Å². The molecule has 3 heteroatoms. The molecule has 1 atom stereocenters. The SMILES string of the molecule is CCCCCCCCCCCCCC(=O)CCC(O)CO. The Hall–Kier alpha value is -0.410. The lowest BCUT2D eigenvalue weighted by Gasteiger charge is -2.06. The summed E-state index contributed by atoms with van der Waals surface area (Å²) in [5.41, 5.74) is 0. The number of unbranched alkanes of at least 4 members (excludes halogenated alkanes) is 10. The van der Waals surface area contributed by atoms with Crippen molar-refractivity contribution in [2.45, 2.75) is 103 Å². The van der Waals surface area contributed by atoms with E-state index in [0.29, 0.717) is 19.3 Å². The molecule has 126 valence electrons. The summed E-state index contributed by atoms with van der Waals surface area (Å²) in [6, 6.07) is 0. The van der Waals surface area contributed by atoms with Gasteiger partial charge in [-0.1, -0.05) is 71.1 Å². The molecule has 0 saturated heterocycles. The number of carbonyl (C=O) groups excluding carboxylic acids is 1. The normalized spacial score (nSPS) is 12.5. The number of ketones is 1. The van der Waals surface area contributed by atoms with Gasteiger partial charge in [0.25, 0.3) is 0 Å². The van der Waals surface area contributed by atoms with E-state index in [4.69, 9.17) is 10.2 Å². The van der Waals surface area contributed by atoms with Gasteiger partial charge in [0.15, 0.2) is 0 Å². The highest BCUT2D eigenvalue weighted by Gasteiger charge is 2.06. The third kappa shape index (κ3) is 15.8. The maximum atomic E-state index is 11.5. The van der Waals surface area contributed by atoms with Gasteiger partial charge in [-0.2, -0.15) is 0 Å². The van der Waals surface area contributed by atoms with Crippen LogP contribution in [0.25, 0.3) is 0 Å². The Kier molecular flexibility index (Phi) is 15.7. The summed E-state index contributed by atoms with van der Waals surface area (Å²) in [5.74, 6) is 0.221. The first kappa shape index (κ1) is 20.6. The first-order valence-electron chi connectivity index (χ1n) is 9.01. The highest BCUT2D eigenvalue weighted by atomic mass is 16.3. The monoisotopic (exact) mass is 300 g/mol. The van der Waals surface area contributed by atoms with Crippen LogP contribution in [0.3, 0.4) is 0 Å². The molecule has 0 aliphatic rings. The molecule has 21 heavy (non-hydrogen) atoms. The quantitative estimate of drug-likeness (QED) is 0.416. The van der Waals surface area contributed by atoms with E-state index >= 15 is 0 Å². The van der Waals surface area contributed by atoms with E-state index in [9.17, 15) is 4.79 Å². The zero-order valence-corrected chi connectivity index (χ0v) is 14.0. The summed E-state index contributed by atoms with van der Waals surface area (Å²) in [6.07, 6.45) is 14.9. The lowest BCUT2D eigenvalue weighted by Crippen LogP contribution is -2.13. The topological polar surface area (TPSA) is 57.5 Å². The van der Waals surface area contributed by atoms with Gasteiger partial charge in [-0.25, -0.2) is 0 Å². The van der Waals surface area contributed by atoms with Crippen molar-refractivity contribution in [2.24, 2.45) is 0 Å². The lowest BCUT2D eigenvalue weighted by atomic mass is 10.0. The van der Waals surface area contributed by atoms with Gasteiger partial charge in [0.2, 0.25) is 0 Å². The third-order valence-electron chi connectivity index (χ3n) is 4.03. The van der Waals surface area contributed by atoms with Crippen molar-refractivity contribution >= 4 is 5.78 Å². The highest BCUT2D eigenvalue weighted by molar-refractivity contribution is 5.78. The lowest BCUT2D eigenvalue weighted by molar-refractivity contribution is -0.119. The molecule has 0 aliphatic carbocycles. The fourth-order valence-corrected chi connectivity index (χ4v) is 2.53. The second-order valence-corrected chi connectivity index (χ2v) is 6.20. The van der Waals surface area contributed by atoms with E-state index < -0.39 is 6.10 Å². The Morgan fingerprint density at radius 2 is 1.29 bits per heavy atom. The van der Waals surface area contributed by atoms with Crippen molar-refractivity contribution in [3.05, 3.63) is 0 Å². The van der Waals surface area contributed by atoms with Crippen molar-refractivity contribution in [3.8, 4) is 0 Å². The molecule has 0 amide bonds. The number of aliphatic hydroxyl groups is 2. The summed E-state index contributed by atoms with van der Waals surface area (Å²) >= 11 is 0. The van der Waals surface area contributed by atoms with Crippen molar-refractivity contribution in [3.63, 3.8) is 0 Å².